The van der Waals surface area contributed by atoms with Crippen LogP contribution in [-0.2, 0) is 7.05 Å². The first-order valence-electron chi connectivity index (χ1n) is 6.29. The van der Waals surface area contributed by atoms with Crippen molar-refractivity contribution in [2.24, 2.45) is 7.05 Å². The molecule has 0 aliphatic rings. The summed E-state index contributed by atoms with van der Waals surface area (Å²) >= 11 is 1.61. The molecule has 1 aromatic heterocycles. The van der Waals surface area contributed by atoms with Crippen LogP contribution in [0.2, 0.25) is 0 Å². The monoisotopic (exact) mass is 279 g/mol. The van der Waals surface area contributed by atoms with Crippen molar-refractivity contribution in [3.8, 4) is 0 Å². The Morgan fingerprint density at radius 1 is 1.47 bits per heavy atom. The summed E-state index contributed by atoms with van der Waals surface area (Å²) in [5.74, 6) is -0.199. The Morgan fingerprint density at radius 2 is 2.26 bits per heavy atom. The van der Waals surface area contributed by atoms with E-state index < -0.39 is 0 Å². The zero-order chi connectivity index (χ0) is 13.8. The Labute approximate surface area is 117 Å². The maximum Gasteiger partial charge on any atom is 0.123 e. The topological polar surface area (TPSA) is 29.9 Å². The number of benzene rings is 1. The second kappa shape index (κ2) is 6.21. The van der Waals surface area contributed by atoms with E-state index in [1.165, 1.54) is 6.07 Å². The van der Waals surface area contributed by atoms with E-state index >= 15 is 0 Å². The standard InChI is InChI=1S/C14H18FN3S/c1-4-16-10(2)13-7-11(15)5-6-14(13)19-12-8-17-18(3)9-12/h5-10,16H,4H2,1-3H3. The molecule has 0 amide bonds. The SMILES string of the molecule is CCNC(C)c1cc(F)ccc1Sc1cnn(C)c1. The van der Waals surface area contributed by atoms with Crippen LogP contribution in [0.3, 0.4) is 0 Å². The Morgan fingerprint density at radius 3 is 2.89 bits per heavy atom. The third-order valence-corrected chi connectivity index (χ3v) is 3.90. The Kier molecular flexibility index (Phi) is 4.61. The minimum atomic E-state index is -0.199. The first-order valence-corrected chi connectivity index (χ1v) is 7.11. The summed E-state index contributed by atoms with van der Waals surface area (Å²) in [6, 6.07) is 5.06. The number of aryl methyl sites for hydroxylation is 1. The molecular formula is C14H18FN3S. The third-order valence-electron chi connectivity index (χ3n) is 2.86. The lowest BCUT2D eigenvalue weighted by Crippen LogP contribution is -2.18. The van der Waals surface area contributed by atoms with Gasteiger partial charge < -0.3 is 5.32 Å². The molecule has 102 valence electrons. The summed E-state index contributed by atoms with van der Waals surface area (Å²) in [5.41, 5.74) is 0.982. The van der Waals surface area contributed by atoms with Crippen molar-refractivity contribution in [2.45, 2.75) is 29.7 Å². The predicted molar refractivity (Wildman–Crippen MR) is 75.8 cm³/mol. The molecule has 0 aliphatic heterocycles. The van der Waals surface area contributed by atoms with Gasteiger partial charge in [0.1, 0.15) is 5.82 Å². The molecule has 1 unspecified atom stereocenters. The molecule has 1 atom stereocenters. The molecule has 0 fully saturated rings. The molecule has 5 heteroatoms. The van der Waals surface area contributed by atoms with E-state index in [0.29, 0.717) is 0 Å². The molecule has 0 radical (unpaired) electrons. The lowest BCUT2D eigenvalue weighted by Gasteiger charge is -2.16. The van der Waals surface area contributed by atoms with Gasteiger partial charge in [-0.25, -0.2) is 4.39 Å². The van der Waals surface area contributed by atoms with Crippen LogP contribution in [0.15, 0.2) is 40.4 Å². The van der Waals surface area contributed by atoms with Crippen LogP contribution in [0.4, 0.5) is 4.39 Å². The number of nitrogens with zero attached hydrogens (tertiary/aromatic N) is 2. The van der Waals surface area contributed by atoms with Crippen molar-refractivity contribution in [1.82, 2.24) is 15.1 Å². The van der Waals surface area contributed by atoms with E-state index in [0.717, 1.165) is 21.9 Å². The molecule has 0 saturated carbocycles. The highest BCUT2D eigenvalue weighted by Crippen LogP contribution is 2.33. The minimum Gasteiger partial charge on any atom is -0.310 e. The van der Waals surface area contributed by atoms with Gasteiger partial charge in [-0.1, -0.05) is 18.7 Å². The highest BCUT2D eigenvalue weighted by atomic mass is 32.2. The molecule has 19 heavy (non-hydrogen) atoms. The highest BCUT2D eigenvalue weighted by molar-refractivity contribution is 7.99. The summed E-state index contributed by atoms with van der Waals surface area (Å²) in [6.07, 6.45) is 3.77. The van der Waals surface area contributed by atoms with E-state index in [1.807, 2.05) is 39.4 Å². The molecule has 3 nitrogen and oxygen atoms in total. The normalized spacial score (nSPS) is 12.6. The van der Waals surface area contributed by atoms with Crippen molar-refractivity contribution in [1.29, 1.82) is 0 Å². The van der Waals surface area contributed by atoms with Crippen molar-refractivity contribution in [3.63, 3.8) is 0 Å². The fourth-order valence-corrected chi connectivity index (χ4v) is 2.99. The number of aromatic nitrogens is 2. The summed E-state index contributed by atoms with van der Waals surface area (Å²) in [7, 11) is 1.89. The lowest BCUT2D eigenvalue weighted by molar-refractivity contribution is 0.574. The van der Waals surface area contributed by atoms with Crippen LogP contribution < -0.4 is 5.32 Å². The Balaban J connectivity index is 2.28. The van der Waals surface area contributed by atoms with Crippen molar-refractivity contribution < 1.29 is 4.39 Å². The molecule has 0 saturated heterocycles. The molecule has 2 aromatic rings. The summed E-state index contributed by atoms with van der Waals surface area (Å²) in [5, 5.41) is 7.47. The number of nitrogens with one attached hydrogen (secondary N) is 1. The second-order valence-corrected chi connectivity index (χ2v) is 5.53. The van der Waals surface area contributed by atoms with E-state index in [2.05, 4.69) is 10.4 Å². The highest BCUT2D eigenvalue weighted by Gasteiger charge is 2.12. The number of hydrogen-bond donors (Lipinski definition) is 1. The summed E-state index contributed by atoms with van der Waals surface area (Å²) in [6.45, 7) is 4.95. The Bertz CT molecular complexity index is 553. The quantitative estimate of drug-likeness (QED) is 0.910. The maximum atomic E-state index is 13.4. The van der Waals surface area contributed by atoms with Crippen molar-refractivity contribution in [3.05, 3.63) is 42.0 Å². The molecule has 1 N–H and O–H groups in total. The molecule has 0 aliphatic carbocycles. The maximum absolute atomic E-state index is 13.4. The van der Waals surface area contributed by atoms with Crippen LogP contribution in [0.1, 0.15) is 25.5 Å². The fourth-order valence-electron chi connectivity index (χ4n) is 1.95. The van der Waals surface area contributed by atoms with Crippen LogP contribution in [0.5, 0.6) is 0 Å². The molecule has 0 bridgehead atoms. The van der Waals surface area contributed by atoms with Gasteiger partial charge in [0.25, 0.3) is 0 Å². The third kappa shape index (κ3) is 3.58. The summed E-state index contributed by atoms with van der Waals surface area (Å²) in [4.78, 5) is 2.11. The van der Waals surface area contributed by atoms with E-state index in [9.17, 15) is 4.39 Å². The van der Waals surface area contributed by atoms with Gasteiger partial charge in [0, 0.05) is 24.2 Å². The van der Waals surface area contributed by atoms with Crippen molar-refractivity contribution in [2.75, 3.05) is 6.54 Å². The predicted octanol–water partition coefficient (Wildman–Crippen LogP) is 3.38. The average Bonchev–Trinajstić information content (AvgIpc) is 2.77. The van der Waals surface area contributed by atoms with Gasteiger partial charge in [-0.3, -0.25) is 4.68 Å². The zero-order valence-corrected chi connectivity index (χ0v) is 12.2. The van der Waals surface area contributed by atoms with Gasteiger partial charge >= 0.3 is 0 Å². The van der Waals surface area contributed by atoms with Crippen molar-refractivity contribution >= 4 is 11.8 Å². The van der Waals surface area contributed by atoms with Gasteiger partial charge in [0.05, 0.1) is 11.1 Å². The van der Waals surface area contributed by atoms with E-state index in [-0.39, 0.29) is 11.9 Å². The van der Waals surface area contributed by atoms with Crippen LogP contribution in [0, 0.1) is 5.82 Å². The van der Waals surface area contributed by atoms with Gasteiger partial charge in [0.2, 0.25) is 0 Å². The summed E-state index contributed by atoms with van der Waals surface area (Å²) < 4.78 is 15.2. The molecule has 2 rings (SSSR count). The lowest BCUT2D eigenvalue weighted by atomic mass is 10.1. The fraction of sp³-hybridized carbons (Fsp3) is 0.357. The van der Waals surface area contributed by atoms with Crippen LogP contribution in [0.25, 0.3) is 0 Å². The molecule has 1 heterocycles. The first-order chi connectivity index (χ1) is 9.10. The molecular weight excluding hydrogens is 261 g/mol. The van der Waals surface area contributed by atoms with E-state index in [4.69, 9.17) is 0 Å². The van der Waals surface area contributed by atoms with Gasteiger partial charge in [-0.2, -0.15) is 5.10 Å². The largest absolute Gasteiger partial charge is 0.310 e. The molecule has 0 spiro atoms. The number of hydrogen-bond acceptors (Lipinski definition) is 3. The first kappa shape index (κ1) is 14.1. The minimum absolute atomic E-state index is 0.125. The van der Waals surface area contributed by atoms with Crippen LogP contribution in [-0.4, -0.2) is 16.3 Å². The molecule has 1 aromatic carbocycles. The average molecular weight is 279 g/mol. The van der Waals surface area contributed by atoms with Gasteiger partial charge in [-0.15, -0.1) is 0 Å². The number of halogens is 1. The van der Waals surface area contributed by atoms with E-state index in [1.54, 1.807) is 22.5 Å². The van der Waals surface area contributed by atoms with Gasteiger partial charge in [0.15, 0.2) is 0 Å². The number of rotatable bonds is 5. The second-order valence-electron chi connectivity index (χ2n) is 4.41. The van der Waals surface area contributed by atoms with Crippen LogP contribution >= 0.6 is 11.8 Å². The zero-order valence-electron chi connectivity index (χ0n) is 11.4. The smallest absolute Gasteiger partial charge is 0.123 e. The Hall–Kier alpha value is -1.33. The van der Waals surface area contributed by atoms with Gasteiger partial charge in [-0.05, 0) is 37.2 Å².